The molecule has 0 radical (unpaired) electrons. The first-order valence-electron chi connectivity index (χ1n) is 7.35. The van der Waals surface area contributed by atoms with E-state index < -0.39 is 17.8 Å². The van der Waals surface area contributed by atoms with Crippen LogP contribution in [0.5, 0.6) is 5.75 Å². The molecule has 0 atom stereocenters. The fourth-order valence-corrected chi connectivity index (χ4v) is 2.43. The molecule has 0 bridgehead atoms. The predicted octanol–water partition coefficient (Wildman–Crippen LogP) is 1.85. The molecule has 3 rings (SSSR count). The largest absolute Gasteiger partial charge is 0.496 e. The molecule has 2 aromatic rings. The van der Waals surface area contributed by atoms with Crippen LogP contribution in [0.2, 0.25) is 0 Å². The SMILES string of the molecule is COc1ccccc1C=C1C(=O)NN(c2ccc(C(=O)O)cc2)C1=O. The highest BCUT2D eigenvalue weighted by molar-refractivity contribution is 6.31. The number of methoxy groups -OCH3 is 1. The van der Waals surface area contributed by atoms with Crippen LogP contribution in [-0.4, -0.2) is 30.0 Å². The number of hydrogen-bond acceptors (Lipinski definition) is 4. The van der Waals surface area contributed by atoms with Gasteiger partial charge in [0.05, 0.1) is 18.4 Å². The highest BCUT2D eigenvalue weighted by Crippen LogP contribution is 2.25. The van der Waals surface area contributed by atoms with Gasteiger partial charge in [-0.05, 0) is 36.4 Å². The molecule has 25 heavy (non-hydrogen) atoms. The minimum Gasteiger partial charge on any atom is -0.496 e. The fourth-order valence-electron chi connectivity index (χ4n) is 2.43. The molecule has 1 aliphatic rings. The van der Waals surface area contributed by atoms with E-state index in [1.165, 1.54) is 37.5 Å². The second kappa shape index (κ2) is 6.48. The van der Waals surface area contributed by atoms with Crippen LogP contribution >= 0.6 is 0 Å². The van der Waals surface area contributed by atoms with Gasteiger partial charge in [-0.25, -0.2) is 9.80 Å². The number of para-hydroxylation sites is 1. The van der Waals surface area contributed by atoms with E-state index in [1.54, 1.807) is 24.3 Å². The summed E-state index contributed by atoms with van der Waals surface area (Å²) in [6.07, 6.45) is 1.46. The summed E-state index contributed by atoms with van der Waals surface area (Å²) < 4.78 is 5.22. The maximum absolute atomic E-state index is 12.6. The van der Waals surface area contributed by atoms with Crippen LogP contribution in [0.25, 0.3) is 6.08 Å². The van der Waals surface area contributed by atoms with E-state index in [0.717, 1.165) is 5.01 Å². The van der Waals surface area contributed by atoms with Gasteiger partial charge in [-0.3, -0.25) is 15.0 Å². The molecule has 1 fully saturated rings. The zero-order chi connectivity index (χ0) is 18.0. The van der Waals surface area contributed by atoms with E-state index in [0.29, 0.717) is 17.0 Å². The third-order valence-electron chi connectivity index (χ3n) is 3.70. The molecule has 0 aliphatic carbocycles. The number of carboxylic acids is 1. The van der Waals surface area contributed by atoms with Gasteiger partial charge in [0.25, 0.3) is 11.8 Å². The first kappa shape index (κ1) is 16.3. The Hall–Kier alpha value is -3.61. The summed E-state index contributed by atoms with van der Waals surface area (Å²) >= 11 is 0. The summed E-state index contributed by atoms with van der Waals surface area (Å²) in [5, 5.41) is 10.00. The molecule has 126 valence electrons. The van der Waals surface area contributed by atoms with Crippen molar-refractivity contribution in [1.29, 1.82) is 0 Å². The molecule has 7 heteroatoms. The second-order valence-corrected chi connectivity index (χ2v) is 5.23. The van der Waals surface area contributed by atoms with E-state index in [1.807, 2.05) is 0 Å². The third kappa shape index (κ3) is 3.07. The van der Waals surface area contributed by atoms with Crippen molar-refractivity contribution < 1.29 is 24.2 Å². The Kier molecular flexibility index (Phi) is 4.21. The lowest BCUT2D eigenvalue weighted by Gasteiger charge is -2.14. The van der Waals surface area contributed by atoms with Crippen molar-refractivity contribution in [2.45, 2.75) is 0 Å². The van der Waals surface area contributed by atoms with Crippen molar-refractivity contribution in [3.8, 4) is 5.75 Å². The van der Waals surface area contributed by atoms with Crippen LogP contribution < -0.4 is 15.2 Å². The maximum atomic E-state index is 12.6. The average molecular weight is 338 g/mol. The van der Waals surface area contributed by atoms with Gasteiger partial charge in [0.15, 0.2) is 0 Å². The summed E-state index contributed by atoms with van der Waals surface area (Å²) in [6, 6.07) is 12.6. The molecule has 0 spiro atoms. The minimum atomic E-state index is -1.07. The number of nitrogens with one attached hydrogen (secondary N) is 1. The number of ether oxygens (including phenoxy) is 1. The van der Waals surface area contributed by atoms with Gasteiger partial charge in [0.1, 0.15) is 11.3 Å². The molecule has 2 aromatic carbocycles. The Balaban J connectivity index is 1.92. The fraction of sp³-hybridized carbons (Fsp3) is 0.0556. The zero-order valence-electron chi connectivity index (χ0n) is 13.2. The molecule has 2 amide bonds. The molecule has 1 aliphatic heterocycles. The van der Waals surface area contributed by atoms with Gasteiger partial charge in [0.2, 0.25) is 0 Å². The molecule has 0 aromatic heterocycles. The standard InChI is InChI=1S/C18H14N2O5/c1-25-15-5-3-2-4-12(15)10-14-16(21)19-20(17(14)22)13-8-6-11(7-9-13)18(23)24/h2-10H,1H3,(H,19,21)(H,23,24). The van der Waals surface area contributed by atoms with Crippen LogP contribution in [0.15, 0.2) is 54.1 Å². The Labute approximate surface area is 143 Å². The topological polar surface area (TPSA) is 95.9 Å². The van der Waals surface area contributed by atoms with E-state index in [2.05, 4.69) is 5.43 Å². The van der Waals surface area contributed by atoms with Crippen molar-refractivity contribution in [2.75, 3.05) is 12.1 Å². The average Bonchev–Trinajstić information content (AvgIpc) is 2.90. The molecule has 0 unspecified atom stereocenters. The number of carbonyl (C=O) groups is 3. The van der Waals surface area contributed by atoms with Crippen molar-refractivity contribution in [2.24, 2.45) is 0 Å². The van der Waals surface area contributed by atoms with Gasteiger partial charge in [-0.2, -0.15) is 0 Å². The Morgan fingerprint density at radius 1 is 1.12 bits per heavy atom. The smallest absolute Gasteiger partial charge is 0.335 e. The molecular formula is C18H14N2O5. The highest BCUT2D eigenvalue weighted by Gasteiger charge is 2.34. The highest BCUT2D eigenvalue weighted by atomic mass is 16.5. The van der Waals surface area contributed by atoms with Gasteiger partial charge >= 0.3 is 5.97 Å². The first-order chi connectivity index (χ1) is 12.0. The van der Waals surface area contributed by atoms with Gasteiger partial charge in [-0.15, -0.1) is 0 Å². The number of carbonyl (C=O) groups excluding carboxylic acids is 2. The summed E-state index contributed by atoms with van der Waals surface area (Å²) in [7, 11) is 1.50. The first-order valence-corrected chi connectivity index (χ1v) is 7.35. The monoisotopic (exact) mass is 338 g/mol. The molecule has 7 nitrogen and oxygen atoms in total. The van der Waals surface area contributed by atoms with Crippen LogP contribution in [0.1, 0.15) is 15.9 Å². The number of anilines is 1. The van der Waals surface area contributed by atoms with Crippen molar-refractivity contribution in [1.82, 2.24) is 5.43 Å². The molecule has 1 heterocycles. The number of amides is 2. The van der Waals surface area contributed by atoms with E-state index in [-0.39, 0.29) is 11.1 Å². The van der Waals surface area contributed by atoms with Gasteiger partial charge in [-0.1, -0.05) is 18.2 Å². The predicted molar refractivity (Wildman–Crippen MR) is 90.0 cm³/mol. The molecule has 0 saturated carbocycles. The molecule has 1 saturated heterocycles. The summed E-state index contributed by atoms with van der Waals surface area (Å²) in [4.78, 5) is 35.6. The van der Waals surface area contributed by atoms with Crippen molar-refractivity contribution in [3.63, 3.8) is 0 Å². The van der Waals surface area contributed by atoms with Gasteiger partial charge in [0, 0.05) is 5.56 Å². The number of rotatable bonds is 4. The maximum Gasteiger partial charge on any atom is 0.335 e. The van der Waals surface area contributed by atoms with E-state index >= 15 is 0 Å². The lowest BCUT2D eigenvalue weighted by molar-refractivity contribution is -0.117. The number of hydrogen-bond donors (Lipinski definition) is 2. The minimum absolute atomic E-state index is 0.0354. The van der Waals surface area contributed by atoms with Crippen LogP contribution in [0.3, 0.4) is 0 Å². The normalized spacial score (nSPS) is 15.4. The number of hydrazine groups is 1. The van der Waals surface area contributed by atoms with Gasteiger partial charge < -0.3 is 9.84 Å². The number of carboxylic acid groups (broad SMARTS) is 1. The lowest BCUT2D eigenvalue weighted by Crippen LogP contribution is -2.35. The van der Waals surface area contributed by atoms with E-state index in [9.17, 15) is 14.4 Å². The second-order valence-electron chi connectivity index (χ2n) is 5.23. The number of aromatic carboxylic acids is 1. The quantitative estimate of drug-likeness (QED) is 0.655. The van der Waals surface area contributed by atoms with Crippen molar-refractivity contribution >= 4 is 29.5 Å². The van der Waals surface area contributed by atoms with E-state index in [4.69, 9.17) is 9.84 Å². The lowest BCUT2D eigenvalue weighted by atomic mass is 10.1. The Bertz CT molecular complexity index is 887. The molecular weight excluding hydrogens is 324 g/mol. The third-order valence-corrected chi connectivity index (χ3v) is 3.70. The summed E-state index contributed by atoms with van der Waals surface area (Å²) in [5.41, 5.74) is 3.49. The van der Waals surface area contributed by atoms with Crippen LogP contribution in [0, 0.1) is 0 Å². The Morgan fingerprint density at radius 3 is 2.44 bits per heavy atom. The van der Waals surface area contributed by atoms with Crippen molar-refractivity contribution in [3.05, 3.63) is 65.2 Å². The van der Waals surface area contributed by atoms with Crippen LogP contribution in [0.4, 0.5) is 5.69 Å². The Morgan fingerprint density at radius 2 is 1.80 bits per heavy atom. The summed E-state index contributed by atoms with van der Waals surface area (Å²) in [6.45, 7) is 0. The number of nitrogens with zero attached hydrogens (tertiary/aromatic N) is 1. The van der Waals surface area contributed by atoms with Crippen LogP contribution in [-0.2, 0) is 9.59 Å². The molecule has 2 N–H and O–H groups in total. The number of benzene rings is 2. The summed E-state index contributed by atoms with van der Waals surface area (Å²) in [5.74, 6) is -1.60. The zero-order valence-corrected chi connectivity index (χ0v) is 13.2.